The van der Waals surface area contributed by atoms with Crippen LogP contribution in [0.3, 0.4) is 0 Å². The molecule has 0 radical (unpaired) electrons. The summed E-state index contributed by atoms with van der Waals surface area (Å²) in [6.07, 6.45) is 0.663. The molecule has 1 saturated heterocycles. The van der Waals surface area contributed by atoms with Crippen LogP contribution in [0.1, 0.15) is 33.8 Å². The zero-order chi connectivity index (χ0) is 28.0. The molecule has 2 heterocycles. The van der Waals surface area contributed by atoms with Crippen molar-refractivity contribution in [2.75, 3.05) is 26.2 Å². The highest BCUT2D eigenvalue weighted by atomic mass is 35.5. The average molecular weight is 574 g/mol. The van der Waals surface area contributed by atoms with Gasteiger partial charge in [-0.3, -0.25) is 24.5 Å². The van der Waals surface area contributed by atoms with E-state index >= 15 is 0 Å². The summed E-state index contributed by atoms with van der Waals surface area (Å²) < 4.78 is 5.64. The molecule has 1 aliphatic heterocycles. The zero-order valence-corrected chi connectivity index (χ0v) is 22.1. The summed E-state index contributed by atoms with van der Waals surface area (Å²) in [5.41, 5.74) is -0.865. The van der Waals surface area contributed by atoms with Gasteiger partial charge < -0.3 is 25.7 Å². The van der Waals surface area contributed by atoms with Crippen molar-refractivity contribution in [1.29, 1.82) is 0 Å². The maximum atomic E-state index is 13.2. The second-order valence-electron chi connectivity index (χ2n) is 8.89. The fourth-order valence-corrected chi connectivity index (χ4v) is 4.53. The number of amides is 3. The van der Waals surface area contributed by atoms with E-state index in [1.165, 1.54) is 30.3 Å². The molecule has 13 heteroatoms. The van der Waals surface area contributed by atoms with Gasteiger partial charge in [-0.15, -0.1) is 0 Å². The predicted molar refractivity (Wildman–Crippen MR) is 145 cm³/mol. The van der Waals surface area contributed by atoms with Gasteiger partial charge in [0.15, 0.2) is 5.76 Å². The highest BCUT2D eigenvalue weighted by Crippen LogP contribution is 2.33. The number of hydrogen-bond donors (Lipinski definition) is 4. The third kappa shape index (κ3) is 6.75. The van der Waals surface area contributed by atoms with Gasteiger partial charge in [-0.05, 0) is 74.5 Å². The lowest BCUT2D eigenvalue weighted by Gasteiger charge is -2.36. The monoisotopic (exact) mass is 573 g/mol. The summed E-state index contributed by atoms with van der Waals surface area (Å²) in [5.74, 6) is -1.32. The fraction of sp³-hybridized carbons (Fsp3) is 0.269. The molecule has 204 valence electrons. The molecular weight excluding hydrogens is 549 g/mol. The standard InChI is InChI=1S/C26H25Cl2N5O6/c27-17-3-1-16(2-4-17)23(34)30-13-14-31-25(36)26(9-11-29-12-10-26)32-24(35)22-8-7-21(39-22)19-6-5-18(28)15-20(19)33(37)38/h1-8,15,29H,9-14H2,(H,30,34)(H,31,36)(H,32,35). The highest BCUT2D eigenvalue weighted by Gasteiger charge is 2.41. The normalized spacial score (nSPS) is 14.3. The van der Waals surface area contributed by atoms with E-state index in [0.717, 1.165) is 0 Å². The molecule has 0 aliphatic carbocycles. The number of nitro benzene ring substituents is 1. The Morgan fingerprint density at radius 2 is 1.59 bits per heavy atom. The van der Waals surface area contributed by atoms with Crippen LogP contribution in [0.25, 0.3) is 11.3 Å². The number of benzene rings is 2. The largest absolute Gasteiger partial charge is 0.451 e. The van der Waals surface area contributed by atoms with Gasteiger partial charge in [-0.1, -0.05) is 23.2 Å². The van der Waals surface area contributed by atoms with Gasteiger partial charge in [0.2, 0.25) is 5.91 Å². The van der Waals surface area contributed by atoms with E-state index < -0.39 is 22.3 Å². The molecule has 39 heavy (non-hydrogen) atoms. The van der Waals surface area contributed by atoms with Crippen LogP contribution >= 0.6 is 23.2 Å². The summed E-state index contributed by atoms with van der Waals surface area (Å²) in [6.45, 7) is 1.33. The SMILES string of the molecule is O=C(NCCNC(=O)C1(NC(=O)c2ccc(-c3ccc(Cl)cc3[N+](=O)[O-])o2)CCNCC1)c1ccc(Cl)cc1. The van der Waals surface area contributed by atoms with Crippen molar-refractivity contribution in [3.63, 3.8) is 0 Å². The summed E-state index contributed by atoms with van der Waals surface area (Å²) >= 11 is 11.7. The second kappa shape index (κ2) is 12.3. The van der Waals surface area contributed by atoms with Gasteiger partial charge >= 0.3 is 0 Å². The minimum absolute atomic E-state index is 0.102. The Kier molecular flexibility index (Phi) is 8.85. The number of carbonyl (C=O) groups excluding carboxylic acids is 3. The van der Waals surface area contributed by atoms with E-state index in [4.69, 9.17) is 27.6 Å². The molecule has 0 atom stereocenters. The van der Waals surface area contributed by atoms with E-state index in [0.29, 0.717) is 36.5 Å². The quantitative estimate of drug-likeness (QED) is 0.173. The summed E-state index contributed by atoms with van der Waals surface area (Å²) in [4.78, 5) is 49.5. The van der Waals surface area contributed by atoms with Gasteiger partial charge in [0, 0.05) is 34.8 Å². The number of halogens is 2. The van der Waals surface area contributed by atoms with Crippen LogP contribution in [0.5, 0.6) is 0 Å². The molecule has 0 bridgehead atoms. The molecule has 1 fully saturated rings. The van der Waals surface area contributed by atoms with E-state index in [1.807, 2.05) is 0 Å². The van der Waals surface area contributed by atoms with Crippen molar-refractivity contribution in [3.8, 4) is 11.3 Å². The predicted octanol–water partition coefficient (Wildman–Crippen LogP) is 3.56. The number of piperidine rings is 1. The topological polar surface area (TPSA) is 156 Å². The smallest absolute Gasteiger partial charge is 0.287 e. The Labute approximate surface area is 233 Å². The maximum Gasteiger partial charge on any atom is 0.287 e. The first-order chi connectivity index (χ1) is 18.7. The molecule has 11 nitrogen and oxygen atoms in total. The summed E-state index contributed by atoms with van der Waals surface area (Å²) in [7, 11) is 0. The van der Waals surface area contributed by atoms with Gasteiger partial charge in [-0.2, -0.15) is 0 Å². The zero-order valence-electron chi connectivity index (χ0n) is 20.6. The Hall–Kier alpha value is -3.93. The number of nitrogens with one attached hydrogen (secondary N) is 4. The van der Waals surface area contributed by atoms with Crippen molar-refractivity contribution in [3.05, 3.63) is 86.1 Å². The number of nitrogens with zero attached hydrogens (tertiary/aromatic N) is 1. The van der Waals surface area contributed by atoms with E-state index in [1.54, 1.807) is 24.3 Å². The number of hydrogen-bond acceptors (Lipinski definition) is 7. The average Bonchev–Trinajstić information content (AvgIpc) is 3.42. The molecular formula is C26H25Cl2N5O6. The molecule has 0 spiro atoms. The molecule has 4 rings (SSSR count). The lowest BCUT2D eigenvalue weighted by Crippen LogP contribution is -2.63. The molecule has 1 aromatic heterocycles. The minimum atomic E-state index is -1.21. The Morgan fingerprint density at radius 3 is 2.28 bits per heavy atom. The second-order valence-corrected chi connectivity index (χ2v) is 9.76. The maximum absolute atomic E-state index is 13.2. The first kappa shape index (κ1) is 28.1. The van der Waals surface area contributed by atoms with Gasteiger partial charge in [0.25, 0.3) is 17.5 Å². The van der Waals surface area contributed by atoms with Crippen molar-refractivity contribution in [2.24, 2.45) is 0 Å². The van der Waals surface area contributed by atoms with Gasteiger partial charge in [0.05, 0.1) is 10.5 Å². The van der Waals surface area contributed by atoms with Crippen LogP contribution < -0.4 is 21.3 Å². The van der Waals surface area contributed by atoms with Crippen LogP contribution in [0, 0.1) is 10.1 Å². The Balaban J connectivity index is 1.40. The van der Waals surface area contributed by atoms with Crippen molar-refractivity contribution in [2.45, 2.75) is 18.4 Å². The van der Waals surface area contributed by atoms with Crippen molar-refractivity contribution < 1.29 is 23.7 Å². The van der Waals surface area contributed by atoms with Crippen LogP contribution in [0.15, 0.2) is 59.0 Å². The molecule has 2 aromatic carbocycles. The van der Waals surface area contributed by atoms with Crippen LogP contribution in [-0.2, 0) is 4.79 Å². The van der Waals surface area contributed by atoms with Crippen LogP contribution in [-0.4, -0.2) is 54.4 Å². The molecule has 0 unspecified atom stereocenters. The minimum Gasteiger partial charge on any atom is -0.451 e. The third-order valence-electron chi connectivity index (χ3n) is 6.30. The number of rotatable bonds is 9. The highest BCUT2D eigenvalue weighted by molar-refractivity contribution is 6.31. The summed E-state index contributed by atoms with van der Waals surface area (Å²) in [5, 5.41) is 23.6. The Morgan fingerprint density at radius 1 is 0.923 bits per heavy atom. The van der Waals surface area contributed by atoms with E-state index in [-0.39, 0.29) is 46.8 Å². The molecule has 1 aliphatic rings. The van der Waals surface area contributed by atoms with Crippen molar-refractivity contribution >= 4 is 46.6 Å². The number of nitro groups is 1. The van der Waals surface area contributed by atoms with E-state index in [9.17, 15) is 24.5 Å². The van der Waals surface area contributed by atoms with E-state index in [2.05, 4.69) is 21.3 Å². The van der Waals surface area contributed by atoms with Crippen LogP contribution in [0.4, 0.5) is 5.69 Å². The van der Waals surface area contributed by atoms with Gasteiger partial charge in [-0.25, -0.2) is 0 Å². The lowest BCUT2D eigenvalue weighted by molar-refractivity contribution is -0.384. The molecule has 4 N–H and O–H groups in total. The molecule has 3 amide bonds. The Bertz CT molecular complexity index is 1390. The summed E-state index contributed by atoms with van der Waals surface area (Å²) in [6, 6.07) is 13.4. The first-order valence-electron chi connectivity index (χ1n) is 12.1. The fourth-order valence-electron chi connectivity index (χ4n) is 4.23. The first-order valence-corrected chi connectivity index (χ1v) is 12.8. The third-order valence-corrected chi connectivity index (χ3v) is 6.79. The molecule has 0 saturated carbocycles. The lowest BCUT2D eigenvalue weighted by atomic mass is 9.87. The van der Waals surface area contributed by atoms with Crippen molar-refractivity contribution in [1.82, 2.24) is 21.3 Å². The number of furan rings is 1. The number of carbonyl (C=O) groups is 3. The molecule has 3 aromatic rings. The van der Waals surface area contributed by atoms with Crippen LogP contribution in [0.2, 0.25) is 10.0 Å². The van der Waals surface area contributed by atoms with Gasteiger partial charge in [0.1, 0.15) is 11.3 Å².